The molecule has 1 heterocycles. The molecule has 1 unspecified atom stereocenters. The van der Waals surface area contributed by atoms with Crippen LogP contribution in [0, 0.1) is 5.92 Å². The van der Waals surface area contributed by atoms with E-state index in [0.717, 1.165) is 25.5 Å². The smallest absolute Gasteiger partial charge is 0.119 e. The van der Waals surface area contributed by atoms with Gasteiger partial charge in [-0.2, -0.15) is 0 Å². The lowest BCUT2D eigenvalue weighted by Gasteiger charge is -2.14. The van der Waals surface area contributed by atoms with Crippen molar-refractivity contribution in [3.63, 3.8) is 0 Å². The lowest BCUT2D eigenvalue weighted by molar-refractivity contribution is 0.187. The molecule has 1 aliphatic heterocycles. The number of rotatable bonds is 5. The molecule has 1 aromatic rings. The fourth-order valence-corrected chi connectivity index (χ4v) is 2.86. The number of benzene rings is 1. The largest absolute Gasteiger partial charge is 0.490 e. The predicted molar refractivity (Wildman–Crippen MR) is 76.7 cm³/mol. The van der Waals surface area contributed by atoms with E-state index >= 15 is 0 Å². The van der Waals surface area contributed by atoms with Crippen LogP contribution in [0.25, 0.3) is 0 Å². The van der Waals surface area contributed by atoms with Crippen LogP contribution in [0.2, 0.25) is 0 Å². The van der Waals surface area contributed by atoms with E-state index in [2.05, 4.69) is 29.6 Å². The monoisotopic (exact) mass is 261 g/mol. The van der Waals surface area contributed by atoms with Crippen molar-refractivity contribution >= 4 is 5.69 Å². The van der Waals surface area contributed by atoms with E-state index in [1.807, 2.05) is 0 Å². The summed E-state index contributed by atoms with van der Waals surface area (Å²) >= 11 is 0. The van der Waals surface area contributed by atoms with Crippen molar-refractivity contribution in [2.75, 3.05) is 25.1 Å². The summed E-state index contributed by atoms with van der Waals surface area (Å²) in [6.07, 6.45) is 6.66. The highest BCUT2D eigenvalue weighted by Crippen LogP contribution is 2.25. The normalized spacial score (nSPS) is 23.7. The quantitative estimate of drug-likeness (QED) is 0.880. The van der Waals surface area contributed by atoms with Gasteiger partial charge in [0.2, 0.25) is 0 Å². The van der Waals surface area contributed by atoms with E-state index in [-0.39, 0.29) is 0 Å². The average molecular weight is 261 g/mol. The van der Waals surface area contributed by atoms with Gasteiger partial charge in [0.05, 0.1) is 12.7 Å². The molecule has 2 aliphatic rings. The van der Waals surface area contributed by atoms with Gasteiger partial charge < -0.3 is 14.8 Å². The minimum absolute atomic E-state index is 0.439. The molecule has 104 valence electrons. The molecular weight excluding hydrogens is 238 g/mol. The summed E-state index contributed by atoms with van der Waals surface area (Å²) in [5.41, 5.74) is 1.17. The molecule has 1 N–H and O–H groups in total. The maximum absolute atomic E-state index is 5.96. The van der Waals surface area contributed by atoms with Crippen LogP contribution in [0.15, 0.2) is 24.3 Å². The highest BCUT2D eigenvalue weighted by atomic mass is 16.5. The molecule has 0 bridgehead atoms. The summed E-state index contributed by atoms with van der Waals surface area (Å²) < 4.78 is 11.3. The minimum Gasteiger partial charge on any atom is -0.490 e. The Morgan fingerprint density at radius 3 is 2.58 bits per heavy atom. The van der Waals surface area contributed by atoms with Gasteiger partial charge in [0.1, 0.15) is 5.75 Å². The number of nitrogens with one attached hydrogen (secondary N) is 1. The number of anilines is 1. The van der Waals surface area contributed by atoms with Gasteiger partial charge in [-0.05, 0) is 56.4 Å². The number of ether oxygens (including phenoxy) is 2. The molecule has 19 heavy (non-hydrogen) atoms. The fraction of sp³-hybridized carbons (Fsp3) is 0.625. The summed E-state index contributed by atoms with van der Waals surface area (Å²) in [5, 5.41) is 3.47. The third kappa shape index (κ3) is 3.63. The van der Waals surface area contributed by atoms with E-state index < -0.39 is 0 Å². The molecule has 1 saturated heterocycles. The van der Waals surface area contributed by atoms with E-state index in [4.69, 9.17) is 9.47 Å². The molecule has 3 rings (SSSR count). The minimum atomic E-state index is 0.439. The molecule has 0 amide bonds. The van der Waals surface area contributed by atoms with Gasteiger partial charge >= 0.3 is 0 Å². The van der Waals surface area contributed by atoms with Crippen LogP contribution in [0.1, 0.15) is 32.1 Å². The maximum atomic E-state index is 5.96. The summed E-state index contributed by atoms with van der Waals surface area (Å²) in [7, 11) is 0. The second kappa shape index (κ2) is 6.29. The van der Waals surface area contributed by atoms with E-state index in [0.29, 0.717) is 12.0 Å². The standard InChI is InChI=1S/C16H23NO2/c1-2-4-15(3-1)19-16-7-5-14(6-8-16)17-11-13-9-10-18-12-13/h5-8,13,15,17H,1-4,9-12H2. The van der Waals surface area contributed by atoms with Crippen LogP contribution in [-0.2, 0) is 4.74 Å². The average Bonchev–Trinajstić information content (AvgIpc) is 3.11. The first-order valence-electron chi connectivity index (χ1n) is 7.48. The van der Waals surface area contributed by atoms with Crippen molar-refractivity contribution in [3.05, 3.63) is 24.3 Å². The van der Waals surface area contributed by atoms with Crippen molar-refractivity contribution < 1.29 is 9.47 Å². The van der Waals surface area contributed by atoms with Crippen molar-refractivity contribution in [2.24, 2.45) is 5.92 Å². The Hall–Kier alpha value is -1.22. The SMILES string of the molecule is c1cc(OC2CCCC2)ccc1NCC1CCOC1. The molecule has 3 nitrogen and oxygen atoms in total. The predicted octanol–water partition coefficient (Wildman–Crippen LogP) is 3.46. The maximum Gasteiger partial charge on any atom is 0.119 e. The zero-order valence-electron chi connectivity index (χ0n) is 11.4. The molecule has 1 aliphatic carbocycles. The molecule has 0 aromatic heterocycles. The van der Waals surface area contributed by atoms with Gasteiger partial charge in [-0.15, -0.1) is 0 Å². The Balaban J connectivity index is 1.47. The highest BCUT2D eigenvalue weighted by molar-refractivity contribution is 5.46. The van der Waals surface area contributed by atoms with Crippen LogP contribution < -0.4 is 10.1 Å². The molecule has 1 aromatic carbocycles. The van der Waals surface area contributed by atoms with Crippen molar-refractivity contribution in [1.29, 1.82) is 0 Å². The first kappa shape index (κ1) is 12.8. The Morgan fingerprint density at radius 1 is 1.11 bits per heavy atom. The van der Waals surface area contributed by atoms with Gasteiger partial charge in [-0.1, -0.05) is 0 Å². The Kier molecular flexibility index (Phi) is 4.23. The van der Waals surface area contributed by atoms with E-state index in [1.165, 1.54) is 37.8 Å². The Morgan fingerprint density at radius 2 is 1.89 bits per heavy atom. The van der Waals surface area contributed by atoms with Crippen LogP contribution in [0.4, 0.5) is 5.69 Å². The molecule has 2 fully saturated rings. The molecule has 0 radical (unpaired) electrons. The lowest BCUT2D eigenvalue weighted by Crippen LogP contribution is -2.14. The number of hydrogen-bond acceptors (Lipinski definition) is 3. The second-order valence-electron chi connectivity index (χ2n) is 5.66. The van der Waals surface area contributed by atoms with Crippen molar-refractivity contribution in [3.8, 4) is 5.75 Å². The van der Waals surface area contributed by atoms with E-state index in [1.54, 1.807) is 0 Å². The van der Waals surface area contributed by atoms with Gasteiger partial charge in [-0.25, -0.2) is 0 Å². The highest BCUT2D eigenvalue weighted by Gasteiger charge is 2.17. The van der Waals surface area contributed by atoms with Crippen LogP contribution in [0.3, 0.4) is 0 Å². The first-order chi connectivity index (χ1) is 9.40. The second-order valence-corrected chi connectivity index (χ2v) is 5.66. The van der Waals surface area contributed by atoms with Crippen LogP contribution in [0.5, 0.6) is 5.75 Å². The van der Waals surface area contributed by atoms with Gasteiger partial charge in [0.15, 0.2) is 0 Å². The van der Waals surface area contributed by atoms with Gasteiger partial charge in [-0.3, -0.25) is 0 Å². The van der Waals surface area contributed by atoms with Gasteiger partial charge in [0.25, 0.3) is 0 Å². The molecule has 1 saturated carbocycles. The van der Waals surface area contributed by atoms with Crippen LogP contribution in [-0.4, -0.2) is 25.9 Å². The third-order valence-corrected chi connectivity index (χ3v) is 4.08. The first-order valence-corrected chi connectivity index (χ1v) is 7.48. The van der Waals surface area contributed by atoms with Gasteiger partial charge in [0, 0.05) is 24.8 Å². The lowest BCUT2D eigenvalue weighted by atomic mass is 10.1. The third-order valence-electron chi connectivity index (χ3n) is 4.08. The van der Waals surface area contributed by atoms with E-state index in [9.17, 15) is 0 Å². The number of hydrogen-bond donors (Lipinski definition) is 1. The summed E-state index contributed by atoms with van der Waals surface area (Å²) in [5.74, 6) is 1.66. The summed E-state index contributed by atoms with van der Waals surface area (Å²) in [6, 6.07) is 8.37. The zero-order valence-corrected chi connectivity index (χ0v) is 11.4. The summed E-state index contributed by atoms with van der Waals surface area (Å²) in [6.45, 7) is 2.82. The molecule has 1 atom stereocenters. The topological polar surface area (TPSA) is 30.5 Å². The molecular formula is C16H23NO2. The van der Waals surface area contributed by atoms with Crippen LogP contribution >= 0.6 is 0 Å². The fourth-order valence-electron chi connectivity index (χ4n) is 2.86. The zero-order chi connectivity index (χ0) is 12.9. The summed E-state index contributed by atoms with van der Waals surface area (Å²) in [4.78, 5) is 0. The van der Waals surface area contributed by atoms with Crippen molar-refractivity contribution in [1.82, 2.24) is 0 Å². The Labute approximate surface area is 115 Å². The van der Waals surface area contributed by atoms with Crippen molar-refractivity contribution in [2.45, 2.75) is 38.2 Å². The molecule has 3 heteroatoms. The molecule has 0 spiro atoms. The Bertz CT molecular complexity index is 378.